The minimum atomic E-state index is -0.970. The summed E-state index contributed by atoms with van der Waals surface area (Å²) in [5.41, 5.74) is 0.286. The first-order valence-corrected chi connectivity index (χ1v) is 5.99. The first kappa shape index (κ1) is 15.1. The molecule has 0 N–H and O–H groups in total. The van der Waals surface area contributed by atoms with Gasteiger partial charge in [0.2, 0.25) is 0 Å². The maximum Gasteiger partial charge on any atom is 0.316 e. The van der Waals surface area contributed by atoms with Gasteiger partial charge in [0.05, 0.1) is 13.7 Å². The molecule has 1 rings (SSSR count). The molecule has 104 valence electrons. The summed E-state index contributed by atoms with van der Waals surface area (Å²) < 4.78 is 23.5. The molecule has 0 bridgehead atoms. The van der Waals surface area contributed by atoms with Crippen molar-refractivity contribution in [2.75, 3.05) is 13.7 Å². The number of halogens is 1. The van der Waals surface area contributed by atoms with Crippen LogP contribution in [-0.4, -0.2) is 25.5 Å². The van der Waals surface area contributed by atoms with E-state index >= 15 is 0 Å². The summed E-state index contributed by atoms with van der Waals surface area (Å²) in [4.78, 5) is 23.1. The molecule has 0 saturated heterocycles. The van der Waals surface area contributed by atoms with E-state index in [1.54, 1.807) is 13.0 Å². The lowest BCUT2D eigenvalue weighted by Gasteiger charge is -2.13. The first-order chi connectivity index (χ1) is 8.99. The zero-order chi connectivity index (χ0) is 14.4. The fraction of sp³-hybridized carbons (Fsp3) is 0.429. The number of hydrogen-bond donors (Lipinski definition) is 0. The van der Waals surface area contributed by atoms with Gasteiger partial charge in [-0.1, -0.05) is 6.07 Å². The average Bonchev–Trinajstić information content (AvgIpc) is 2.36. The van der Waals surface area contributed by atoms with Crippen molar-refractivity contribution in [2.24, 2.45) is 5.92 Å². The van der Waals surface area contributed by atoms with Gasteiger partial charge in [-0.2, -0.15) is 0 Å². The molecule has 5 heteroatoms. The lowest BCUT2D eigenvalue weighted by Crippen LogP contribution is -2.26. The zero-order valence-electron chi connectivity index (χ0n) is 11.2. The van der Waals surface area contributed by atoms with Crippen LogP contribution in [-0.2, 0) is 20.7 Å². The second-order valence-corrected chi connectivity index (χ2v) is 4.08. The highest BCUT2D eigenvalue weighted by Crippen LogP contribution is 2.20. The smallest absolute Gasteiger partial charge is 0.316 e. The highest BCUT2D eigenvalue weighted by Gasteiger charge is 2.26. The fourth-order valence-electron chi connectivity index (χ4n) is 1.68. The Morgan fingerprint density at radius 3 is 2.53 bits per heavy atom. The van der Waals surface area contributed by atoms with Crippen LogP contribution >= 0.6 is 0 Å². The van der Waals surface area contributed by atoms with E-state index in [0.29, 0.717) is 5.75 Å². The maximum atomic E-state index is 13.8. The van der Waals surface area contributed by atoms with Gasteiger partial charge < -0.3 is 9.47 Å². The molecule has 1 aromatic carbocycles. The van der Waals surface area contributed by atoms with Gasteiger partial charge in [0.25, 0.3) is 0 Å². The van der Waals surface area contributed by atoms with Crippen molar-refractivity contribution < 1.29 is 23.5 Å². The molecule has 0 heterocycles. The standard InChI is InChI=1S/C14H17FO4/c1-4-19-14(17)12(9(2)16)7-10-5-6-11(18-3)8-13(10)15/h5-6,8,12H,4,7H2,1-3H3. The quantitative estimate of drug-likeness (QED) is 0.586. The van der Waals surface area contributed by atoms with Crippen molar-refractivity contribution in [1.29, 1.82) is 0 Å². The SMILES string of the molecule is CCOC(=O)C(Cc1ccc(OC)cc1F)C(C)=O. The van der Waals surface area contributed by atoms with Gasteiger partial charge in [-0.25, -0.2) is 4.39 Å². The second kappa shape index (κ2) is 6.87. The molecule has 0 spiro atoms. The predicted octanol–water partition coefficient (Wildman–Crippen LogP) is 2.15. The molecule has 0 aliphatic carbocycles. The Bertz CT molecular complexity index is 471. The number of methoxy groups -OCH3 is 1. The van der Waals surface area contributed by atoms with E-state index in [9.17, 15) is 14.0 Å². The largest absolute Gasteiger partial charge is 0.497 e. The summed E-state index contributed by atoms with van der Waals surface area (Å²) in [6.45, 7) is 3.14. The second-order valence-electron chi connectivity index (χ2n) is 4.08. The van der Waals surface area contributed by atoms with E-state index in [1.165, 1.54) is 26.2 Å². The molecule has 0 fully saturated rings. The zero-order valence-corrected chi connectivity index (χ0v) is 11.2. The van der Waals surface area contributed by atoms with E-state index in [4.69, 9.17) is 9.47 Å². The van der Waals surface area contributed by atoms with E-state index in [2.05, 4.69) is 0 Å². The van der Waals surface area contributed by atoms with Gasteiger partial charge >= 0.3 is 5.97 Å². The lowest BCUT2D eigenvalue weighted by atomic mass is 9.95. The molecule has 0 aromatic heterocycles. The van der Waals surface area contributed by atoms with Crippen LogP contribution in [0.15, 0.2) is 18.2 Å². The molecular formula is C14H17FO4. The van der Waals surface area contributed by atoms with Crippen LogP contribution in [0.3, 0.4) is 0 Å². The highest BCUT2D eigenvalue weighted by molar-refractivity contribution is 5.98. The summed E-state index contributed by atoms with van der Waals surface area (Å²) >= 11 is 0. The van der Waals surface area contributed by atoms with Crippen LogP contribution in [0.2, 0.25) is 0 Å². The third-order valence-electron chi connectivity index (χ3n) is 2.75. The fourth-order valence-corrected chi connectivity index (χ4v) is 1.68. The molecule has 1 atom stereocenters. The van der Waals surface area contributed by atoms with Crippen molar-refractivity contribution in [3.63, 3.8) is 0 Å². The molecule has 1 aromatic rings. The molecule has 0 aliphatic heterocycles. The van der Waals surface area contributed by atoms with E-state index < -0.39 is 17.7 Å². The number of carbonyl (C=O) groups excluding carboxylic acids is 2. The summed E-state index contributed by atoms with van der Waals surface area (Å²) in [5, 5.41) is 0. The number of benzene rings is 1. The monoisotopic (exact) mass is 268 g/mol. The number of ketones is 1. The molecular weight excluding hydrogens is 251 g/mol. The number of carbonyl (C=O) groups is 2. The van der Waals surface area contributed by atoms with Crippen LogP contribution in [0, 0.1) is 11.7 Å². The Kier molecular flexibility index (Phi) is 5.48. The van der Waals surface area contributed by atoms with Gasteiger partial charge in [0.1, 0.15) is 23.3 Å². The highest BCUT2D eigenvalue weighted by atomic mass is 19.1. The Hall–Kier alpha value is -1.91. The Morgan fingerprint density at radius 2 is 2.05 bits per heavy atom. The van der Waals surface area contributed by atoms with Crippen molar-refractivity contribution in [3.05, 3.63) is 29.6 Å². The summed E-state index contributed by atoms with van der Waals surface area (Å²) in [6, 6.07) is 4.31. The number of Topliss-reactive ketones (excluding diaryl/α,β-unsaturated/α-hetero) is 1. The molecule has 0 amide bonds. The van der Waals surface area contributed by atoms with Crippen LogP contribution in [0.4, 0.5) is 4.39 Å². The number of hydrogen-bond acceptors (Lipinski definition) is 4. The third kappa shape index (κ3) is 4.05. The van der Waals surface area contributed by atoms with Crippen molar-refractivity contribution >= 4 is 11.8 Å². The number of esters is 1. The minimum Gasteiger partial charge on any atom is -0.497 e. The molecule has 19 heavy (non-hydrogen) atoms. The molecule has 1 unspecified atom stereocenters. The Morgan fingerprint density at radius 1 is 1.37 bits per heavy atom. The summed E-state index contributed by atoms with van der Waals surface area (Å²) in [5.74, 6) is -2.05. The number of rotatable bonds is 6. The van der Waals surface area contributed by atoms with Crippen LogP contribution in [0.1, 0.15) is 19.4 Å². The molecule has 4 nitrogen and oxygen atoms in total. The third-order valence-corrected chi connectivity index (χ3v) is 2.75. The summed E-state index contributed by atoms with van der Waals surface area (Å²) in [6.07, 6.45) is -0.00993. The molecule has 0 radical (unpaired) electrons. The van der Waals surface area contributed by atoms with Crippen LogP contribution in [0.5, 0.6) is 5.75 Å². The number of ether oxygens (including phenoxy) is 2. The predicted molar refractivity (Wildman–Crippen MR) is 67.5 cm³/mol. The van der Waals surface area contributed by atoms with E-state index in [1.807, 2.05) is 0 Å². The van der Waals surface area contributed by atoms with E-state index in [0.717, 1.165) is 0 Å². The van der Waals surface area contributed by atoms with Crippen molar-refractivity contribution in [1.82, 2.24) is 0 Å². The van der Waals surface area contributed by atoms with Gasteiger partial charge in [0, 0.05) is 6.07 Å². The van der Waals surface area contributed by atoms with Gasteiger partial charge in [-0.15, -0.1) is 0 Å². The van der Waals surface area contributed by atoms with E-state index in [-0.39, 0.29) is 24.4 Å². The normalized spacial score (nSPS) is 11.8. The molecule has 0 aliphatic rings. The summed E-state index contributed by atoms with van der Waals surface area (Å²) in [7, 11) is 1.44. The van der Waals surface area contributed by atoms with Gasteiger partial charge in [-0.3, -0.25) is 9.59 Å². The van der Waals surface area contributed by atoms with Gasteiger partial charge in [-0.05, 0) is 31.9 Å². The lowest BCUT2D eigenvalue weighted by molar-refractivity contribution is -0.151. The first-order valence-electron chi connectivity index (χ1n) is 5.99. The maximum absolute atomic E-state index is 13.8. The minimum absolute atomic E-state index is 0.00993. The van der Waals surface area contributed by atoms with Crippen molar-refractivity contribution in [2.45, 2.75) is 20.3 Å². The van der Waals surface area contributed by atoms with Crippen molar-refractivity contribution in [3.8, 4) is 5.75 Å². The van der Waals surface area contributed by atoms with Crippen LogP contribution < -0.4 is 4.74 Å². The Labute approximate surface area is 111 Å². The molecule has 0 saturated carbocycles. The van der Waals surface area contributed by atoms with Gasteiger partial charge in [0.15, 0.2) is 0 Å². The Balaban J connectivity index is 2.91. The average molecular weight is 268 g/mol. The van der Waals surface area contributed by atoms with Crippen LogP contribution in [0.25, 0.3) is 0 Å². The topological polar surface area (TPSA) is 52.6 Å².